The van der Waals surface area contributed by atoms with Crippen molar-refractivity contribution in [3.63, 3.8) is 0 Å². The van der Waals surface area contributed by atoms with Crippen LogP contribution in [0.3, 0.4) is 0 Å². The first-order valence-electron chi connectivity index (χ1n) is 9.34. The monoisotopic (exact) mass is 350 g/mol. The summed E-state index contributed by atoms with van der Waals surface area (Å²) in [5.74, 6) is 2.00. The molecule has 2 fully saturated rings. The zero-order valence-corrected chi connectivity index (χ0v) is 14.8. The van der Waals surface area contributed by atoms with Crippen LogP contribution in [0.1, 0.15) is 31.5 Å². The predicted molar refractivity (Wildman–Crippen MR) is 100 cm³/mol. The molecule has 4 heterocycles. The molecule has 1 atom stereocenters. The predicted octanol–water partition coefficient (Wildman–Crippen LogP) is 2.31. The summed E-state index contributed by atoms with van der Waals surface area (Å²) >= 11 is 0. The van der Waals surface area contributed by atoms with Crippen molar-refractivity contribution in [3.05, 3.63) is 24.3 Å². The molecule has 7 nitrogen and oxygen atoms in total. The number of anilines is 1. The van der Waals surface area contributed by atoms with Gasteiger partial charge in [-0.25, -0.2) is 15.0 Å². The van der Waals surface area contributed by atoms with Gasteiger partial charge in [0.15, 0.2) is 5.65 Å². The number of nitrogens with one attached hydrogen (secondary N) is 2. The Kier molecular flexibility index (Phi) is 3.55. The summed E-state index contributed by atoms with van der Waals surface area (Å²) in [6, 6.07) is 2.40. The van der Waals surface area contributed by atoms with Crippen molar-refractivity contribution in [2.75, 3.05) is 18.0 Å². The normalized spacial score (nSPS) is 20.7. The number of aromatic nitrogens is 4. The SMILES string of the molecule is Cc1nc(N2CCCC(C(=O)NC3CC3)C2)c2c(cnc3nccc32)[nH]1. The molecule has 0 aromatic carbocycles. The van der Waals surface area contributed by atoms with Crippen LogP contribution in [-0.4, -0.2) is 45.0 Å². The summed E-state index contributed by atoms with van der Waals surface area (Å²) in [7, 11) is 0. The van der Waals surface area contributed by atoms with Crippen LogP contribution in [0.5, 0.6) is 0 Å². The Bertz CT molecular complexity index is 992. The number of carbonyl (C=O) groups is 1. The van der Waals surface area contributed by atoms with E-state index in [0.717, 1.165) is 65.8 Å². The molecular formula is C19H22N6O. The van der Waals surface area contributed by atoms with Crippen molar-refractivity contribution in [1.29, 1.82) is 0 Å². The Morgan fingerprint density at radius 2 is 2.19 bits per heavy atom. The average Bonchev–Trinajstić information content (AvgIpc) is 3.33. The topological polar surface area (TPSA) is 86.8 Å². The van der Waals surface area contributed by atoms with Crippen molar-refractivity contribution in [2.24, 2.45) is 5.92 Å². The molecule has 3 aromatic heterocycles. The molecule has 1 aliphatic carbocycles. The largest absolute Gasteiger partial charge is 0.355 e. The maximum Gasteiger partial charge on any atom is 0.225 e. The Hall–Kier alpha value is -2.70. The summed E-state index contributed by atoms with van der Waals surface area (Å²) < 4.78 is 0. The highest BCUT2D eigenvalue weighted by Crippen LogP contribution is 2.32. The second kappa shape index (κ2) is 5.93. The maximum atomic E-state index is 12.5. The molecule has 1 unspecified atom stereocenters. The van der Waals surface area contributed by atoms with Crippen LogP contribution >= 0.6 is 0 Å². The van der Waals surface area contributed by atoms with Gasteiger partial charge in [-0.2, -0.15) is 0 Å². The highest BCUT2D eigenvalue weighted by Gasteiger charge is 2.31. The number of piperidine rings is 1. The minimum Gasteiger partial charge on any atom is -0.355 e. The van der Waals surface area contributed by atoms with E-state index in [0.29, 0.717) is 12.6 Å². The van der Waals surface area contributed by atoms with Crippen molar-refractivity contribution in [1.82, 2.24) is 25.3 Å². The summed E-state index contributed by atoms with van der Waals surface area (Å²) in [5.41, 5.74) is 1.69. The molecule has 0 bridgehead atoms. The zero-order chi connectivity index (χ0) is 17.7. The Morgan fingerprint density at radius 1 is 1.31 bits per heavy atom. The highest BCUT2D eigenvalue weighted by molar-refractivity contribution is 6.09. The van der Waals surface area contributed by atoms with Crippen molar-refractivity contribution >= 4 is 33.7 Å². The van der Waals surface area contributed by atoms with Crippen LogP contribution in [0, 0.1) is 12.8 Å². The molecule has 3 aromatic rings. The number of aromatic amines is 1. The van der Waals surface area contributed by atoms with E-state index in [1.807, 2.05) is 19.2 Å². The van der Waals surface area contributed by atoms with Gasteiger partial charge in [0.1, 0.15) is 11.6 Å². The lowest BCUT2D eigenvalue weighted by Gasteiger charge is -2.33. The number of hydrogen-bond acceptors (Lipinski definition) is 5. The van der Waals surface area contributed by atoms with Gasteiger partial charge in [-0.1, -0.05) is 0 Å². The van der Waals surface area contributed by atoms with Gasteiger partial charge in [0.2, 0.25) is 5.91 Å². The summed E-state index contributed by atoms with van der Waals surface area (Å²) in [6.07, 6.45) is 7.79. The third-order valence-corrected chi connectivity index (χ3v) is 5.36. The first-order chi connectivity index (χ1) is 12.7. The first kappa shape index (κ1) is 15.5. The minimum absolute atomic E-state index is 0.0285. The van der Waals surface area contributed by atoms with Crippen molar-refractivity contribution < 1.29 is 4.79 Å². The smallest absolute Gasteiger partial charge is 0.225 e. The van der Waals surface area contributed by atoms with Crippen molar-refractivity contribution in [3.8, 4) is 0 Å². The fraction of sp³-hybridized carbons (Fsp3) is 0.474. The van der Waals surface area contributed by atoms with E-state index in [9.17, 15) is 4.79 Å². The van der Waals surface area contributed by atoms with Crippen LogP contribution in [0.2, 0.25) is 0 Å². The summed E-state index contributed by atoms with van der Waals surface area (Å²) in [5, 5.41) is 5.21. The van der Waals surface area contributed by atoms with E-state index in [1.54, 1.807) is 6.20 Å². The van der Waals surface area contributed by atoms with E-state index in [1.165, 1.54) is 0 Å². The summed E-state index contributed by atoms with van der Waals surface area (Å²) in [6.45, 7) is 3.58. The molecule has 134 valence electrons. The molecule has 1 saturated carbocycles. The molecule has 7 heteroatoms. The number of nitrogens with zero attached hydrogens (tertiary/aromatic N) is 4. The van der Waals surface area contributed by atoms with Gasteiger partial charge in [0, 0.05) is 30.7 Å². The van der Waals surface area contributed by atoms with E-state index in [4.69, 9.17) is 4.98 Å². The van der Waals surface area contributed by atoms with E-state index in [-0.39, 0.29) is 11.8 Å². The summed E-state index contributed by atoms with van der Waals surface area (Å²) in [4.78, 5) is 31.7. The molecule has 1 saturated heterocycles. The van der Waals surface area contributed by atoms with Gasteiger partial charge in [-0.15, -0.1) is 0 Å². The molecule has 2 N–H and O–H groups in total. The van der Waals surface area contributed by atoms with Crippen LogP contribution in [0.15, 0.2) is 18.5 Å². The number of amides is 1. The van der Waals surface area contributed by atoms with Gasteiger partial charge >= 0.3 is 0 Å². The van der Waals surface area contributed by atoms with Crippen LogP contribution < -0.4 is 10.2 Å². The fourth-order valence-corrected chi connectivity index (χ4v) is 3.89. The third-order valence-electron chi connectivity index (χ3n) is 5.36. The highest BCUT2D eigenvalue weighted by atomic mass is 16.2. The molecule has 26 heavy (non-hydrogen) atoms. The number of rotatable bonds is 3. The molecule has 1 amide bonds. The fourth-order valence-electron chi connectivity index (χ4n) is 3.89. The molecule has 1 aliphatic heterocycles. The zero-order valence-electron chi connectivity index (χ0n) is 14.8. The van der Waals surface area contributed by atoms with Crippen molar-refractivity contribution in [2.45, 2.75) is 38.6 Å². The Balaban J connectivity index is 1.54. The number of H-pyrrole nitrogens is 1. The minimum atomic E-state index is 0.0285. The Labute approximate surface area is 151 Å². The van der Waals surface area contributed by atoms with Gasteiger partial charge in [-0.3, -0.25) is 4.79 Å². The lowest BCUT2D eigenvalue weighted by atomic mass is 9.96. The molecule has 5 rings (SSSR count). The third kappa shape index (κ3) is 2.67. The van der Waals surface area contributed by atoms with Gasteiger partial charge in [0.25, 0.3) is 0 Å². The van der Waals surface area contributed by atoms with Crippen LogP contribution in [-0.2, 0) is 4.79 Å². The van der Waals surface area contributed by atoms with E-state index in [2.05, 4.69) is 25.2 Å². The number of pyridine rings is 1. The van der Waals surface area contributed by atoms with Gasteiger partial charge in [-0.05, 0) is 38.7 Å². The number of fused-ring (bicyclic) bond motifs is 3. The quantitative estimate of drug-likeness (QED) is 0.757. The lowest BCUT2D eigenvalue weighted by Crippen LogP contribution is -2.44. The maximum absolute atomic E-state index is 12.5. The molecular weight excluding hydrogens is 328 g/mol. The first-order valence-corrected chi connectivity index (χ1v) is 9.34. The molecule has 2 aliphatic rings. The van der Waals surface area contributed by atoms with E-state index < -0.39 is 0 Å². The second-order valence-corrected chi connectivity index (χ2v) is 7.44. The molecule has 0 spiro atoms. The van der Waals surface area contributed by atoms with Gasteiger partial charge < -0.3 is 15.2 Å². The number of aryl methyl sites for hydroxylation is 1. The van der Waals surface area contributed by atoms with E-state index >= 15 is 0 Å². The van der Waals surface area contributed by atoms with Crippen LogP contribution in [0.25, 0.3) is 21.9 Å². The lowest BCUT2D eigenvalue weighted by molar-refractivity contribution is -0.125. The molecule has 0 radical (unpaired) electrons. The standard InChI is InChI=1S/C19H22N6O/c1-11-22-15-9-21-17-14(6-7-20-17)16(15)18(23-11)25-8-2-3-12(10-25)19(26)24-13-4-5-13/h6-7,9,12-13H,2-5,8,10H2,1H3,(H,22,23)(H,24,26). The number of hydrogen-bond donors (Lipinski definition) is 2. The van der Waals surface area contributed by atoms with Gasteiger partial charge in [0.05, 0.1) is 23.0 Å². The number of carbonyl (C=O) groups excluding carboxylic acids is 1. The Morgan fingerprint density at radius 3 is 3.04 bits per heavy atom. The second-order valence-electron chi connectivity index (χ2n) is 7.44. The average molecular weight is 350 g/mol. The van der Waals surface area contributed by atoms with Crippen LogP contribution in [0.4, 0.5) is 5.82 Å².